The number of nitrogens with zero attached hydrogens (tertiary/aromatic N) is 2. The van der Waals surface area contributed by atoms with E-state index in [1.807, 2.05) is 32.0 Å². The van der Waals surface area contributed by atoms with Crippen molar-refractivity contribution in [2.45, 2.75) is 26.4 Å². The summed E-state index contributed by atoms with van der Waals surface area (Å²) in [7, 11) is 0. The van der Waals surface area contributed by atoms with Crippen molar-refractivity contribution in [2.24, 2.45) is 0 Å². The summed E-state index contributed by atoms with van der Waals surface area (Å²) in [5.74, 6) is 1.47. The van der Waals surface area contributed by atoms with Crippen LogP contribution in [0.15, 0.2) is 24.4 Å². The minimum atomic E-state index is -0.253. The molecule has 0 saturated carbocycles. The lowest BCUT2D eigenvalue weighted by atomic mass is 10.1. The standard InChI is InChI=1S/C17H22N2O3/c1-3-21-16-9-13-14(10-17(16)22-4-2)18-7-5-15(13)19-8-6-12(20)11-19/h5,7,9-10,12,20H,3-4,6,8,11H2,1-2H3/t12-/m0/s1. The molecule has 2 aromatic rings. The molecule has 3 rings (SSSR count). The van der Waals surface area contributed by atoms with Crippen LogP contribution in [0.2, 0.25) is 0 Å². The second-order valence-corrected chi connectivity index (χ2v) is 5.40. The molecular weight excluding hydrogens is 280 g/mol. The van der Waals surface area contributed by atoms with E-state index in [1.165, 1.54) is 0 Å². The molecule has 0 unspecified atom stereocenters. The number of hydrogen-bond acceptors (Lipinski definition) is 5. The van der Waals surface area contributed by atoms with Crippen LogP contribution < -0.4 is 14.4 Å². The molecule has 1 atom stereocenters. The number of fused-ring (bicyclic) bond motifs is 1. The van der Waals surface area contributed by atoms with E-state index in [0.29, 0.717) is 19.8 Å². The van der Waals surface area contributed by atoms with Crippen molar-refractivity contribution in [3.63, 3.8) is 0 Å². The van der Waals surface area contributed by atoms with Crippen molar-refractivity contribution >= 4 is 16.6 Å². The summed E-state index contributed by atoms with van der Waals surface area (Å²) in [4.78, 5) is 6.65. The number of ether oxygens (including phenoxy) is 2. The van der Waals surface area contributed by atoms with E-state index in [-0.39, 0.29) is 6.10 Å². The van der Waals surface area contributed by atoms with Gasteiger partial charge in [0.15, 0.2) is 11.5 Å². The van der Waals surface area contributed by atoms with Gasteiger partial charge in [-0.3, -0.25) is 4.98 Å². The number of aliphatic hydroxyl groups is 1. The minimum absolute atomic E-state index is 0.253. The van der Waals surface area contributed by atoms with Gasteiger partial charge < -0.3 is 19.5 Å². The fourth-order valence-electron chi connectivity index (χ4n) is 2.91. The molecule has 1 aromatic heterocycles. The average molecular weight is 302 g/mol. The molecule has 0 spiro atoms. The molecule has 22 heavy (non-hydrogen) atoms. The first-order valence-electron chi connectivity index (χ1n) is 7.84. The van der Waals surface area contributed by atoms with Crippen molar-refractivity contribution in [2.75, 3.05) is 31.2 Å². The Balaban J connectivity index is 2.08. The molecule has 1 fully saturated rings. The van der Waals surface area contributed by atoms with Gasteiger partial charge in [-0.05, 0) is 32.4 Å². The number of anilines is 1. The van der Waals surface area contributed by atoms with Gasteiger partial charge in [0.05, 0.1) is 24.8 Å². The highest BCUT2D eigenvalue weighted by molar-refractivity contribution is 5.94. The Morgan fingerprint density at radius 2 is 1.95 bits per heavy atom. The molecule has 5 heteroatoms. The van der Waals surface area contributed by atoms with Gasteiger partial charge in [0.2, 0.25) is 0 Å². The maximum Gasteiger partial charge on any atom is 0.163 e. The Labute approximate surface area is 130 Å². The largest absolute Gasteiger partial charge is 0.490 e. The van der Waals surface area contributed by atoms with Crippen LogP contribution in [0.3, 0.4) is 0 Å². The Morgan fingerprint density at radius 3 is 2.59 bits per heavy atom. The molecule has 1 saturated heterocycles. The summed E-state index contributed by atoms with van der Waals surface area (Å²) < 4.78 is 11.4. The van der Waals surface area contributed by atoms with Crippen LogP contribution in [-0.4, -0.2) is 42.5 Å². The highest BCUT2D eigenvalue weighted by Gasteiger charge is 2.22. The maximum absolute atomic E-state index is 9.78. The molecular formula is C17H22N2O3. The van der Waals surface area contributed by atoms with Crippen molar-refractivity contribution < 1.29 is 14.6 Å². The molecule has 1 aromatic carbocycles. The zero-order valence-electron chi connectivity index (χ0n) is 13.1. The summed E-state index contributed by atoms with van der Waals surface area (Å²) in [5.41, 5.74) is 1.97. The summed E-state index contributed by atoms with van der Waals surface area (Å²) in [6.07, 6.45) is 2.36. The molecule has 1 aliphatic heterocycles. The Kier molecular flexibility index (Phi) is 4.34. The van der Waals surface area contributed by atoms with Gasteiger partial charge in [-0.1, -0.05) is 0 Å². The molecule has 1 aliphatic rings. The van der Waals surface area contributed by atoms with Crippen LogP contribution in [0.25, 0.3) is 10.9 Å². The third-order valence-electron chi connectivity index (χ3n) is 3.89. The number of aliphatic hydroxyl groups excluding tert-OH is 1. The van der Waals surface area contributed by atoms with E-state index in [2.05, 4.69) is 9.88 Å². The third-order valence-corrected chi connectivity index (χ3v) is 3.89. The predicted octanol–water partition coefficient (Wildman–Crippen LogP) is 2.60. The van der Waals surface area contributed by atoms with Gasteiger partial charge in [-0.25, -0.2) is 0 Å². The monoisotopic (exact) mass is 302 g/mol. The normalized spacial score (nSPS) is 18.0. The number of rotatable bonds is 5. The van der Waals surface area contributed by atoms with Crippen LogP contribution in [0, 0.1) is 0 Å². The first kappa shape index (κ1) is 14.9. The fraction of sp³-hybridized carbons (Fsp3) is 0.471. The zero-order chi connectivity index (χ0) is 15.5. The topological polar surface area (TPSA) is 54.8 Å². The first-order valence-corrected chi connectivity index (χ1v) is 7.84. The predicted molar refractivity (Wildman–Crippen MR) is 86.9 cm³/mol. The smallest absolute Gasteiger partial charge is 0.163 e. The Bertz CT molecular complexity index is 660. The molecule has 5 nitrogen and oxygen atoms in total. The lowest BCUT2D eigenvalue weighted by molar-refractivity contribution is 0.198. The molecule has 0 radical (unpaired) electrons. The minimum Gasteiger partial charge on any atom is -0.490 e. The van der Waals surface area contributed by atoms with E-state index in [1.54, 1.807) is 6.20 Å². The van der Waals surface area contributed by atoms with Crippen LogP contribution in [0.4, 0.5) is 5.69 Å². The van der Waals surface area contributed by atoms with Crippen LogP contribution in [0.5, 0.6) is 11.5 Å². The van der Waals surface area contributed by atoms with E-state index >= 15 is 0 Å². The Hall–Kier alpha value is -2.01. The van der Waals surface area contributed by atoms with E-state index in [0.717, 1.165) is 41.1 Å². The van der Waals surface area contributed by atoms with Crippen molar-refractivity contribution in [1.29, 1.82) is 0 Å². The van der Waals surface area contributed by atoms with Gasteiger partial charge in [0.1, 0.15) is 0 Å². The van der Waals surface area contributed by atoms with Gasteiger partial charge in [0, 0.05) is 36.4 Å². The molecule has 1 N–H and O–H groups in total. The van der Waals surface area contributed by atoms with Crippen molar-refractivity contribution in [1.82, 2.24) is 4.98 Å². The van der Waals surface area contributed by atoms with Gasteiger partial charge in [0.25, 0.3) is 0 Å². The van der Waals surface area contributed by atoms with Crippen LogP contribution >= 0.6 is 0 Å². The quantitative estimate of drug-likeness (QED) is 0.920. The molecule has 118 valence electrons. The summed E-state index contributed by atoms with van der Waals surface area (Å²) in [6, 6.07) is 5.92. The van der Waals surface area contributed by atoms with Gasteiger partial charge >= 0.3 is 0 Å². The van der Waals surface area contributed by atoms with E-state index in [4.69, 9.17) is 9.47 Å². The number of benzene rings is 1. The molecule has 0 bridgehead atoms. The number of hydrogen-bond donors (Lipinski definition) is 1. The number of aromatic nitrogens is 1. The van der Waals surface area contributed by atoms with Crippen molar-refractivity contribution in [3.05, 3.63) is 24.4 Å². The van der Waals surface area contributed by atoms with E-state index in [9.17, 15) is 5.11 Å². The SMILES string of the molecule is CCOc1cc2nccc(N3CC[C@H](O)C3)c2cc1OCC. The lowest BCUT2D eigenvalue weighted by Crippen LogP contribution is -2.21. The second kappa shape index (κ2) is 6.40. The van der Waals surface area contributed by atoms with Crippen LogP contribution in [-0.2, 0) is 0 Å². The van der Waals surface area contributed by atoms with Crippen molar-refractivity contribution in [3.8, 4) is 11.5 Å². The maximum atomic E-state index is 9.78. The van der Waals surface area contributed by atoms with Gasteiger partial charge in [-0.15, -0.1) is 0 Å². The van der Waals surface area contributed by atoms with E-state index < -0.39 is 0 Å². The highest BCUT2D eigenvalue weighted by Crippen LogP contribution is 2.36. The average Bonchev–Trinajstić information content (AvgIpc) is 2.94. The van der Waals surface area contributed by atoms with Gasteiger partial charge in [-0.2, -0.15) is 0 Å². The summed E-state index contributed by atoms with van der Waals surface area (Å²) in [6.45, 7) is 6.61. The summed E-state index contributed by atoms with van der Waals surface area (Å²) in [5, 5.41) is 10.8. The zero-order valence-corrected chi connectivity index (χ0v) is 13.1. The lowest BCUT2D eigenvalue weighted by Gasteiger charge is -2.21. The number of β-amino-alcohol motifs (C(OH)–C–C–N with tert-alkyl or cyclic N) is 1. The second-order valence-electron chi connectivity index (χ2n) is 5.40. The first-order chi connectivity index (χ1) is 10.7. The molecule has 0 aliphatic carbocycles. The van der Waals surface area contributed by atoms with Crippen LogP contribution in [0.1, 0.15) is 20.3 Å². The Morgan fingerprint density at radius 1 is 1.23 bits per heavy atom. The third kappa shape index (κ3) is 2.81. The highest BCUT2D eigenvalue weighted by atomic mass is 16.5. The fourth-order valence-corrected chi connectivity index (χ4v) is 2.91. The molecule has 2 heterocycles. The summed E-state index contributed by atoms with van der Waals surface area (Å²) >= 11 is 0. The molecule has 0 amide bonds. The number of pyridine rings is 1.